The Hall–Kier alpha value is -2.94. The van der Waals surface area contributed by atoms with E-state index in [1.807, 2.05) is 19.0 Å². The Bertz CT molecular complexity index is 821. The quantitative estimate of drug-likeness (QED) is 0.708. The molecule has 0 spiro atoms. The van der Waals surface area contributed by atoms with Crippen LogP contribution in [0.5, 0.6) is 0 Å². The SMILES string of the molecule is CN(C)CCCNC(=O)c1ccnc(C(=O)Nc2ccc(C(F)(F)F)cc2)c1. The fourth-order valence-electron chi connectivity index (χ4n) is 2.33. The number of nitrogens with one attached hydrogen (secondary N) is 2. The Kier molecular flexibility index (Phi) is 7.11. The summed E-state index contributed by atoms with van der Waals surface area (Å²) in [7, 11) is 3.87. The first-order valence-corrected chi connectivity index (χ1v) is 8.54. The lowest BCUT2D eigenvalue weighted by atomic mass is 10.2. The van der Waals surface area contributed by atoms with Gasteiger partial charge in [0.15, 0.2) is 0 Å². The van der Waals surface area contributed by atoms with Crippen LogP contribution in [0.2, 0.25) is 0 Å². The standard InChI is InChI=1S/C19H21F3N4O2/c1-26(2)11-3-9-24-17(27)13-8-10-23-16(12-13)18(28)25-15-6-4-14(5-7-15)19(20,21)22/h4-8,10,12H,3,9,11H2,1-2H3,(H,24,27)(H,25,28). The average Bonchev–Trinajstić information content (AvgIpc) is 2.64. The predicted octanol–water partition coefficient (Wildman–Crippen LogP) is 3.03. The summed E-state index contributed by atoms with van der Waals surface area (Å²) in [5, 5.41) is 5.22. The van der Waals surface area contributed by atoms with Gasteiger partial charge in [0.05, 0.1) is 5.56 Å². The third kappa shape index (κ3) is 6.34. The minimum atomic E-state index is -4.45. The fourth-order valence-corrected chi connectivity index (χ4v) is 2.33. The molecule has 0 aliphatic rings. The van der Waals surface area contributed by atoms with E-state index in [2.05, 4.69) is 15.6 Å². The maximum atomic E-state index is 12.6. The Morgan fingerprint density at radius 1 is 1.07 bits per heavy atom. The number of anilines is 1. The van der Waals surface area contributed by atoms with Crippen molar-refractivity contribution in [2.45, 2.75) is 12.6 Å². The van der Waals surface area contributed by atoms with E-state index in [1.54, 1.807) is 0 Å². The molecule has 6 nitrogen and oxygen atoms in total. The van der Waals surface area contributed by atoms with Crippen molar-refractivity contribution in [3.8, 4) is 0 Å². The highest BCUT2D eigenvalue weighted by Crippen LogP contribution is 2.29. The van der Waals surface area contributed by atoms with E-state index in [0.717, 1.165) is 37.2 Å². The molecule has 9 heteroatoms. The van der Waals surface area contributed by atoms with Gasteiger partial charge >= 0.3 is 6.18 Å². The molecule has 0 aliphatic carbocycles. The van der Waals surface area contributed by atoms with Gasteiger partial charge in [-0.3, -0.25) is 14.6 Å². The van der Waals surface area contributed by atoms with Crippen LogP contribution in [0.15, 0.2) is 42.6 Å². The number of benzene rings is 1. The first kappa shape index (κ1) is 21.4. The summed E-state index contributed by atoms with van der Waals surface area (Å²) in [4.78, 5) is 30.4. The maximum absolute atomic E-state index is 12.6. The maximum Gasteiger partial charge on any atom is 0.416 e. The molecule has 2 amide bonds. The zero-order valence-corrected chi connectivity index (χ0v) is 15.5. The summed E-state index contributed by atoms with van der Waals surface area (Å²) in [6.45, 7) is 1.32. The molecule has 1 heterocycles. The van der Waals surface area contributed by atoms with Crippen LogP contribution in [0, 0.1) is 0 Å². The van der Waals surface area contributed by atoms with Crippen LogP contribution in [-0.4, -0.2) is 48.9 Å². The number of aromatic nitrogens is 1. The van der Waals surface area contributed by atoms with Crippen LogP contribution >= 0.6 is 0 Å². The molecule has 150 valence electrons. The van der Waals surface area contributed by atoms with Gasteiger partial charge in [-0.05, 0) is 63.5 Å². The van der Waals surface area contributed by atoms with E-state index in [-0.39, 0.29) is 22.9 Å². The molecule has 0 atom stereocenters. The van der Waals surface area contributed by atoms with Crippen molar-refractivity contribution in [3.05, 3.63) is 59.4 Å². The molecule has 0 saturated carbocycles. The van der Waals surface area contributed by atoms with Crippen LogP contribution < -0.4 is 10.6 Å². The lowest BCUT2D eigenvalue weighted by molar-refractivity contribution is -0.137. The van der Waals surface area contributed by atoms with Gasteiger partial charge in [0.2, 0.25) is 0 Å². The average molecular weight is 394 g/mol. The highest BCUT2D eigenvalue weighted by Gasteiger charge is 2.30. The number of hydrogen-bond acceptors (Lipinski definition) is 4. The number of alkyl halides is 3. The molecular weight excluding hydrogens is 373 g/mol. The number of halogens is 3. The van der Waals surface area contributed by atoms with Gasteiger partial charge < -0.3 is 15.5 Å². The van der Waals surface area contributed by atoms with Crippen molar-refractivity contribution in [2.75, 3.05) is 32.5 Å². The van der Waals surface area contributed by atoms with Gasteiger partial charge in [-0.2, -0.15) is 13.2 Å². The molecule has 0 radical (unpaired) electrons. The lowest BCUT2D eigenvalue weighted by Gasteiger charge is -2.10. The first-order valence-electron chi connectivity index (χ1n) is 8.54. The molecule has 1 aromatic carbocycles. The van der Waals surface area contributed by atoms with Crippen molar-refractivity contribution in [3.63, 3.8) is 0 Å². The van der Waals surface area contributed by atoms with Gasteiger partial charge in [-0.25, -0.2) is 0 Å². The van der Waals surface area contributed by atoms with Crippen molar-refractivity contribution in [2.24, 2.45) is 0 Å². The highest BCUT2D eigenvalue weighted by molar-refractivity contribution is 6.04. The molecular formula is C19H21F3N4O2. The summed E-state index contributed by atoms with van der Waals surface area (Å²) in [6.07, 6.45) is -2.33. The van der Waals surface area contributed by atoms with Crippen LogP contribution in [0.4, 0.5) is 18.9 Å². The van der Waals surface area contributed by atoms with Gasteiger partial charge in [-0.1, -0.05) is 0 Å². The molecule has 0 fully saturated rings. The first-order chi connectivity index (χ1) is 13.2. The van der Waals surface area contributed by atoms with Gasteiger partial charge in [0, 0.05) is 24.0 Å². The molecule has 2 rings (SSSR count). The van der Waals surface area contributed by atoms with Crippen molar-refractivity contribution in [1.29, 1.82) is 0 Å². The molecule has 0 saturated heterocycles. The van der Waals surface area contributed by atoms with E-state index >= 15 is 0 Å². The third-order valence-corrected chi connectivity index (χ3v) is 3.79. The second kappa shape index (κ2) is 9.32. The van der Waals surface area contributed by atoms with Gasteiger partial charge in [0.1, 0.15) is 5.69 Å². The lowest BCUT2D eigenvalue weighted by Crippen LogP contribution is -2.27. The number of rotatable bonds is 7. The van der Waals surface area contributed by atoms with Gasteiger partial charge in [0.25, 0.3) is 11.8 Å². The second-order valence-electron chi connectivity index (χ2n) is 6.37. The highest BCUT2D eigenvalue weighted by atomic mass is 19.4. The molecule has 2 N–H and O–H groups in total. The molecule has 28 heavy (non-hydrogen) atoms. The van der Waals surface area contributed by atoms with E-state index in [4.69, 9.17) is 0 Å². The van der Waals surface area contributed by atoms with Crippen LogP contribution in [0.3, 0.4) is 0 Å². The van der Waals surface area contributed by atoms with Gasteiger partial charge in [-0.15, -0.1) is 0 Å². The fraction of sp³-hybridized carbons (Fsp3) is 0.316. The predicted molar refractivity (Wildman–Crippen MR) is 99.1 cm³/mol. The third-order valence-electron chi connectivity index (χ3n) is 3.79. The summed E-state index contributed by atoms with van der Waals surface area (Å²) >= 11 is 0. The zero-order valence-electron chi connectivity index (χ0n) is 15.5. The molecule has 2 aromatic rings. The Labute approximate surface area is 160 Å². The van der Waals surface area contributed by atoms with Crippen molar-refractivity contribution < 1.29 is 22.8 Å². The number of nitrogens with zero attached hydrogens (tertiary/aromatic N) is 2. The molecule has 1 aromatic heterocycles. The van der Waals surface area contributed by atoms with E-state index < -0.39 is 17.6 Å². The number of amides is 2. The molecule has 0 unspecified atom stereocenters. The Balaban J connectivity index is 1.98. The topological polar surface area (TPSA) is 74.3 Å². The van der Waals surface area contributed by atoms with E-state index in [0.29, 0.717) is 6.54 Å². The monoisotopic (exact) mass is 394 g/mol. The summed E-state index contributed by atoms with van der Waals surface area (Å²) < 4.78 is 37.7. The van der Waals surface area contributed by atoms with Crippen molar-refractivity contribution in [1.82, 2.24) is 15.2 Å². The van der Waals surface area contributed by atoms with Crippen LogP contribution in [-0.2, 0) is 6.18 Å². The van der Waals surface area contributed by atoms with E-state index in [1.165, 1.54) is 18.3 Å². The molecule has 0 bridgehead atoms. The van der Waals surface area contributed by atoms with Crippen LogP contribution in [0.25, 0.3) is 0 Å². The zero-order chi connectivity index (χ0) is 20.7. The second-order valence-corrected chi connectivity index (χ2v) is 6.37. The summed E-state index contributed by atoms with van der Waals surface area (Å²) in [6, 6.07) is 6.88. The minimum absolute atomic E-state index is 0.0131. The number of pyridine rings is 1. The minimum Gasteiger partial charge on any atom is -0.352 e. The Morgan fingerprint density at radius 2 is 1.75 bits per heavy atom. The smallest absolute Gasteiger partial charge is 0.352 e. The number of carbonyl (C=O) groups excluding carboxylic acids is 2. The number of hydrogen-bond donors (Lipinski definition) is 2. The summed E-state index contributed by atoms with van der Waals surface area (Å²) in [5.74, 6) is -0.952. The Morgan fingerprint density at radius 3 is 2.36 bits per heavy atom. The molecule has 0 aliphatic heterocycles. The van der Waals surface area contributed by atoms with Crippen LogP contribution in [0.1, 0.15) is 32.8 Å². The van der Waals surface area contributed by atoms with E-state index in [9.17, 15) is 22.8 Å². The number of carbonyl (C=O) groups is 2. The summed E-state index contributed by atoms with van der Waals surface area (Å²) in [5.41, 5.74) is -0.354. The van der Waals surface area contributed by atoms with Crippen molar-refractivity contribution >= 4 is 17.5 Å². The normalized spacial score (nSPS) is 11.4. The largest absolute Gasteiger partial charge is 0.416 e.